The molecule has 0 aliphatic carbocycles. The van der Waals surface area contributed by atoms with Crippen LogP contribution in [0.15, 0.2) is 24.5 Å². The Labute approximate surface area is 111 Å². The van der Waals surface area contributed by atoms with Gasteiger partial charge >= 0.3 is 0 Å². The summed E-state index contributed by atoms with van der Waals surface area (Å²) in [6.07, 6.45) is 2.40. The van der Waals surface area contributed by atoms with Crippen molar-refractivity contribution in [3.63, 3.8) is 0 Å². The van der Waals surface area contributed by atoms with Gasteiger partial charge in [0.1, 0.15) is 18.0 Å². The number of carbonyl (C=O) groups excluding carboxylic acids is 1. The van der Waals surface area contributed by atoms with E-state index in [1.54, 1.807) is 23.7 Å². The zero-order valence-corrected chi connectivity index (χ0v) is 11.1. The first-order valence-electron chi connectivity index (χ1n) is 6.28. The number of carbonyl (C=O) groups is 1. The van der Waals surface area contributed by atoms with Crippen LogP contribution in [0.2, 0.25) is 0 Å². The Bertz CT molecular complexity index is 592. The van der Waals surface area contributed by atoms with Crippen LogP contribution in [0.4, 0.5) is 4.39 Å². The van der Waals surface area contributed by atoms with Crippen LogP contribution < -0.4 is 0 Å². The van der Waals surface area contributed by atoms with E-state index in [1.165, 1.54) is 12.4 Å². The molecule has 0 atom stereocenters. The number of ketones is 1. The molecule has 0 unspecified atom stereocenters. The fourth-order valence-corrected chi connectivity index (χ4v) is 1.93. The second kappa shape index (κ2) is 5.73. The van der Waals surface area contributed by atoms with Crippen LogP contribution in [0, 0.1) is 12.7 Å². The summed E-state index contributed by atoms with van der Waals surface area (Å²) in [5.74, 6) is -0.145. The van der Waals surface area contributed by atoms with E-state index in [9.17, 15) is 9.18 Å². The van der Waals surface area contributed by atoms with Crippen LogP contribution in [0.1, 0.15) is 35.1 Å². The Morgan fingerprint density at radius 2 is 2.21 bits per heavy atom. The summed E-state index contributed by atoms with van der Waals surface area (Å²) in [6, 6.07) is 4.83. The lowest BCUT2D eigenvalue weighted by Gasteiger charge is -2.06. The van der Waals surface area contributed by atoms with Gasteiger partial charge in [-0.25, -0.2) is 14.1 Å². The van der Waals surface area contributed by atoms with Gasteiger partial charge in [-0.15, -0.1) is 0 Å². The Balaban J connectivity index is 2.21. The predicted molar refractivity (Wildman–Crippen MR) is 69.5 cm³/mol. The zero-order valence-electron chi connectivity index (χ0n) is 11.1. The lowest BCUT2D eigenvalue weighted by molar-refractivity contribution is 0.0985. The van der Waals surface area contributed by atoms with Crippen LogP contribution in [0.25, 0.3) is 0 Å². The van der Waals surface area contributed by atoms with E-state index >= 15 is 0 Å². The van der Waals surface area contributed by atoms with Gasteiger partial charge in [0.05, 0.1) is 12.0 Å². The van der Waals surface area contributed by atoms with Gasteiger partial charge in [-0.2, -0.15) is 5.10 Å². The van der Waals surface area contributed by atoms with Crippen LogP contribution in [-0.2, 0) is 13.0 Å². The van der Waals surface area contributed by atoms with Gasteiger partial charge in [-0.1, -0.05) is 19.1 Å². The number of Topliss-reactive ketones (excluding diaryl/α,β-unsaturated/α-hetero) is 1. The van der Waals surface area contributed by atoms with Crippen molar-refractivity contribution in [2.75, 3.05) is 0 Å². The van der Waals surface area contributed by atoms with E-state index in [2.05, 4.69) is 10.1 Å². The first kappa shape index (κ1) is 13.4. The average Bonchev–Trinajstić information content (AvgIpc) is 2.80. The quantitative estimate of drug-likeness (QED) is 0.777. The molecule has 0 saturated heterocycles. The first-order chi connectivity index (χ1) is 9.13. The molecule has 100 valence electrons. The highest BCUT2D eigenvalue weighted by molar-refractivity contribution is 5.97. The molecule has 0 aliphatic rings. The van der Waals surface area contributed by atoms with Gasteiger partial charge in [0, 0.05) is 6.54 Å². The summed E-state index contributed by atoms with van der Waals surface area (Å²) in [7, 11) is 0. The lowest BCUT2D eigenvalue weighted by atomic mass is 10.0. The van der Waals surface area contributed by atoms with Gasteiger partial charge in [-0.3, -0.25) is 4.79 Å². The van der Waals surface area contributed by atoms with Crippen LogP contribution in [-0.4, -0.2) is 20.5 Å². The molecule has 5 heteroatoms. The molecule has 0 bridgehead atoms. The molecule has 0 amide bonds. The minimum atomic E-state index is -0.450. The molecule has 0 N–H and O–H groups in total. The molecule has 0 saturated carbocycles. The van der Waals surface area contributed by atoms with Crippen molar-refractivity contribution in [1.82, 2.24) is 14.8 Å². The molecule has 1 aromatic carbocycles. The third kappa shape index (κ3) is 2.86. The van der Waals surface area contributed by atoms with Crippen molar-refractivity contribution >= 4 is 5.78 Å². The Hall–Kier alpha value is -2.04. The van der Waals surface area contributed by atoms with Gasteiger partial charge in [-0.05, 0) is 25.0 Å². The maximum atomic E-state index is 13.9. The number of hydrogen-bond acceptors (Lipinski definition) is 3. The molecule has 0 aliphatic heterocycles. The van der Waals surface area contributed by atoms with Crippen LogP contribution >= 0.6 is 0 Å². The van der Waals surface area contributed by atoms with Crippen LogP contribution in [0.3, 0.4) is 0 Å². The summed E-state index contributed by atoms with van der Waals surface area (Å²) in [4.78, 5) is 16.2. The molecule has 0 radical (unpaired) electrons. The van der Waals surface area contributed by atoms with Crippen molar-refractivity contribution < 1.29 is 9.18 Å². The second-order valence-corrected chi connectivity index (χ2v) is 4.44. The number of benzene rings is 1. The topological polar surface area (TPSA) is 47.8 Å². The lowest BCUT2D eigenvalue weighted by Crippen LogP contribution is -2.13. The fourth-order valence-electron chi connectivity index (χ4n) is 1.93. The largest absolute Gasteiger partial charge is 0.294 e. The summed E-state index contributed by atoms with van der Waals surface area (Å²) in [5.41, 5.74) is 0.590. The maximum absolute atomic E-state index is 13.9. The minimum absolute atomic E-state index is 0.0698. The molecule has 2 rings (SSSR count). The van der Waals surface area contributed by atoms with E-state index in [-0.39, 0.29) is 17.8 Å². The summed E-state index contributed by atoms with van der Waals surface area (Å²) in [5, 5.41) is 4.05. The third-order valence-electron chi connectivity index (χ3n) is 2.94. The standard InChI is InChI=1S/C14H16FN3O/c1-3-7-18-13(16-9-17-18)8-12(19)11-6-4-5-10(2)14(11)15/h4-6,9H,3,7-8H2,1-2H3. The average molecular weight is 261 g/mol. The summed E-state index contributed by atoms with van der Waals surface area (Å²) >= 11 is 0. The predicted octanol–water partition coefficient (Wildman–Crippen LogP) is 2.56. The third-order valence-corrected chi connectivity index (χ3v) is 2.94. The highest BCUT2D eigenvalue weighted by atomic mass is 19.1. The van der Waals surface area contributed by atoms with Crippen molar-refractivity contribution in [2.24, 2.45) is 0 Å². The van der Waals surface area contributed by atoms with E-state index in [4.69, 9.17) is 0 Å². The van der Waals surface area contributed by atoms with Crippen molar-refractivity contribution in [1.29, 1.82) is 0 Å². The molecule has 1 heterocycles. The number of nitrogens with zero attached hydrogens (tertiary/aromatic N) is 3. The highest BCUT2D eigenvalue weighted by Crippen LogP contribution is 2.14. The molecular weight excluding hydrogens is 245 g/mol. The molecule has 4 nitrogen and oxygen atoms in total. The number of aryl methyl sites for hydroxylation is 2. The van der Waals surface area contributed by atoms with E-state index in [1.807, 2.05) is 6.92 Å². The van der Waals surface area contributed by atoms with Gasteiger partial charge in [0.2, 0.25) is 0 Å². The van der Waals surface area contributed by atoms with Gasteiger partial charge in [0.25, 0.3) is 0 Å². The van der Waals surface area contributed by atoms with Crippen molar-refractivity contribution in [2.45, 2.75) is 33.2 Å². The molecule has 0 fully saturated rings. The van der Waals surface area contributed by atoms with Gasteiger partial charge < -0.3 is 0 Å². The Morgan fingerprint density at radius 3 is 2.95 bits per heavy atom. The molecule has 0 spiro atoms. The van der Waals surface area contributed by atoms with E-state index in [0.717, 1.165) is 6.42 Å². The Kier molecular flexibility index (Phi) is 4.04. The number of hydrogen-bond donors (Lipinski definition) is 0. The normalized spacial score (nSPS) is 10.7. The highest BCUT2D eigenvalue weighted by Gasteiger charge is 2.16. The molecule has 19 heavy (non-hydrogen) atoms. The second-order valence-electron chi connectivity index (χ2n) is 4.44. The first-order valence-corrected chi connectivity index (χ1v) is 6.28. The maximum Gasteiger partial charge on any atom is 0.173 e. The molecular formula is C14H16FN3O. The smallest absolute Gasteiger partial charge is 0.173 e. The molecule has 2 aromatic rings. The SMILES string of the molecule is CCCn1ncnc1CC(=O)c1cccc(C)c1F. The number of aromatic nitrogens is 3. The van der Waals surface area contributed by atoms with Crippen molar-refractivity contribution in [3.05, 3.63) is 47.3 Å². The van der Waals surface area contributed by atoms with E-state index < -0.39 is 5.82 Å². The number of halogens is 1. The van der Waals surface area contributed by atoms with Crippen LogP contribution in [0.5, 0.6) is 0 Å². The van der Waals surface area contributed by atoms with Crippen molar-refractivity contribution in [3.8, 4) is 0 Å². The molecule has 1 aromatic heterocycles. The monoisotopic (exact) mass is 261 g/mol. The van der Waals surface area contributed by atoms with Gasteiger partial charge in [0.15, 0.2) is 5.78 Å². The summed E-state index contributed by atoms with van der Waals surface area (Å²) in [6.45, 7) is 4.37. The zero-order chi connectivity index (χ0) is 13.8. The Morgan fingerprint density at radius 1 is 1.42 bits per heavy atom. The van der Waals surface area contributed by atoms with E-state index in [0.29, 0.717) is 17.9 Å². The fraction of sp³-hybridized carbons (Fsp3) is 0.357. The minimum Gasteiger partial charge on any atom is -0.294 e. The number of rotatable bonds is 5. The summed E-state index contributed by atoms with van der Waals surface area (Å²) < 4.78 is 15.6.